The second-order valence-corrected chi connectivity index (χ2v) is 10.7. The minimum atomic E-state index is -1.04. The van der Waals surface area contributed by atoms with Gasteiger partial charge in [-0.15, -0.1) is 0 Å². The first-order valence-corrected chi connectivity index (χ1v) is 14.3. The molecular weight excluding hydrogens is 544 g/mol. The number of carbonyl (C=O) groups is 6. The van der Waals surface area contributed by atoms with Crippen LogP contribution in [0.15, 0.2) is 60.7 Å². The van der Waals surface area contributed by atoms with E-state index in [1.807, 2.05) is 0 Å². The molecule has 0 unspecified atom stereocenters. The number of hydrogen-bond acceptors (Lipinski definition) is 9. The second kappa shape index (κ2) is 17.0. The van der Waals surface area contributed by atoms with Crippen LogP contribution < -0.4 is 21.3 Å². The summed E-state index contributed by atoms with van der Waals surface area (Å²) in [5.74, 6) is -2.81. The highest BCUT2D eigenvalue weighted by atomic mass is 33.1. The van der Waals surface area contributed by atoms with Crippen molar-refractivity contribution in [3.63, 3.8) is 0 Å². The zero-order chi connectivity index (χ0) is 28.6. The van der Waals surface area contributed by atoms with E-state index in [1.165, 1.54) is 28.5 Å². The summed E-state index contributed by atoms with van der Waals surface area (Å²) in [6, 6.07) is 14.6. The maximum Gasteiger partial charge on any atom is 0.251 e. The second-order valence-electron chi connectivity index (χ2n) is 8.19. The molecule has 2 aromatic rings. The van der Waals surface area contributed by atoms with Crippen molar-refractivity contribution in [2.75, 3.05) is 31.2 Å². The van der Waals surface area contributed by atoms with Crippen LogP contribution in [0, 0.1) is 0 Å². The van der Waals surface area contributed by atoms with Gasteiger partial charge in [-0.05, 0) is 31.2 Å². The molecule has 11 nitrogen and oxygen atoms in total. The molecule has 2 aromatic carbocycles. The molecule has 0 fully saturated rings. The van der Waals surface area contributed by atoms with Crippen molar-refractivity contribution in [1.29, 1.82) is 0 Å². The van der Waals surface area contributed by atoms with Gasteiger partial charge in [0, 0.05) is 22.6 Å². The Labute approximate surface area is 233 Å². The van der Waals surface area contributed by atoms with E-state index < -0.39 is 54.6 Å². The Bertz CT molecular complexity index is 1150. The summed E-state index contributed by atoms with van der Waals surface area (Å²) in [5.41, 5.74) is 0.697. The molecule has 4 amide bonds. The molecular formula is C26H30N4O7S2. The molecule has 0 aliphatic heterocycles. The van der Waals surface area contributed by atoms with Crippen molar-refractivity contribution in [3.8, 4) is 0 Å². The smallest absolute Gasteiger partial charge is 0.251 e. The summed E-state index contributed by atoms with van der Waals surface area (Å²) in [5, 5.41) is 19.1. The van der Waals surface area contributed by atoms with Crippen LogP contribution in [0.1, 0.15) is 27.6 Å². The minimum Gasteiger partial charge on any atom is -0.389 e. The number of carbonyl (C=O) groups excluding carboxylic acids is 6. The van der Waals surface area contributed by atoms with Gasteiger partial charge in [0.15, 0.2) is 5.78 Å². The minimum absolute atomic E-state index is 0.0663. The molecule has 13 heteroatoms. The molecule has 0 aliphatic carbocycles. The van der Waals surface area contributed by atoms with Crippen LogP contribution in [-0.4, -0.2) is 83.6 Å². The summed E-state index contributed by atoms with van der Waals surface area (Å²) in [7, 11) is 2.35. The maximum absolute atomic E-state index is 12.7. The number of amides is 4. The summed E-state index contributed by atoms with van der Waals surface area (Å²) in [6.07, 6.45) is 0. The lowest BCUT2D eigenvalue weighted by molar-refractivity contribution is -0.127. The topological polar surface area (TPSA) is 171 Å². The van der Waals surface area contributed by atoms with Crippen LogP contribution in [0.25, 0.3) is 0 Å². The van der Waals surface area contributed by atoms with Crippen molar-refractivity contribution in [2.45, 2.75) is 19.0 Å². The van der Waals surface area contributed by atoms with Crippen molar-refractivity contribution in [3.05, 3.63) is 71.8 Å². The standard InChI is InChI=1S/C26H30N4O7S2/c1-17(32)12-27-25(36)21(29-23(34)18-8-4-2-5-9-18)15-38-39-16-22(26(37)28-13-20(33)14-31)30-24(35)19-10-6-3-7-11-19/h2-11,21-22,31H,12-16H2,1H3,(H,27,36)(H,28,37)(H,29,34)(H,30,35)/t21-,22-/m0/s1. The maximum atomic E-state index is 12.7. The van der Waals surface area contributed by atoms with E-state index in [0.717, 1.165) is 0 Å². The van der Waals surface area contributed by atoms with E-state index in [2.05, 4.69) is 21.3 Å². The number of hydrogen-bond donors (Lipinski definition) is 5. The molecule has 2 rings (SSSR count). The van der Waals surface area contributed by atoms with E-state index >= 15 is 0 Å². The SMILES string of the molecule is CC(=O)CNC(=O)[C@H](CSSC[C@H](NC(=O)c1ccccc1)C(=O)NCC(=O)CO)NC(=O)c1ccccc1. The zero-order valence-electron chi connectivity index (χ0n) is 21.2. The quantitative estimate of drug-likeness (QED) is 0.140. The molecule has 2 atom stereocenters. The van der Waals surface area contributed by atoms with Crippen LogP contribution in [-0.2, 0) is 19.2 Å². The Balaban J connectivity index is 2.03. The fourth-order valence-electron chi connectivity index (χ4n) is 2.96. The van der Waals surface area contributed by atoms with Gasteiger partial charge in [-0.3, -0.25) is 28.8 Å². The lowest BCUT2D eigenvalue weighted by Crippen LogP contribution is -2.50. The largest absolute Gasteiger partial charge is 0.389 e. The van der Waals surface area contributed by atoms with E-state index in [-0.39, 0.29) is 23.8 Å². The van der Waals surface area contributed by atoms with Gasteiger partial charge in [0.05, 0.1) is 13.1 Å². The molecule has 0 saturated carbocycles. The predicted molar refractivity (Wildman–Crippen MR) is 149 cm³/mol. The molecule has 208 valence electrons. The molecule has 0 spiro atoms. The van der Waals surface area contributed by atoms with Crippen molar-refractivity contribution in [1.82, 2.24) is 21.3 Å². The molecule has 0 aliphatic rings. The highest BCUT2D eigenvalue weighted by molar-refractivity contribution is 8.76. The fourth-order valence-corrected chi connectivity index (χ4v) is 5.29. The number of aliphatic hydroxyl groups is 1. The first-order chi connectivity index (χ1) is 18.7. The van der Waals surface area contributed by atoms with Crippen LogP contribution in [0.3, 0.4) is 0 Å². The summed E-state index contributed by atoms with van der Waals surface area (Å²) < 4.78 is 0. The Morgan fingerprint density at radius 2 is 1.10 bits per heavy atom. The number of nitrogens with one attached hydrogen (secondary N) is 4. The number of benzene rings is 2. The predicted octanol–water partition coefficient (Wildman–Crippen LogP) is 0.348. The van der Waals surface area contributed by atoms with E-state index in [1.54, 1.807) is 60.7 Å². The van der Waals surface area contributed by atoms with Gasteiger partial charge < -0.3 is 26.4 Å². The molecule has 0 bridgehead atoms. The van der Waals surface area contributed by atoms with Gasteiger partial charge in [-0.25, -0.2) is 0 Å². The first-order valence-electron chi connectivity index (χ1n) is 11.8. The highest BCUT2D eigenvalue weighted by Crippen LogP contribution is 2.23. The first kappa shape index (κ1) is 31.5. The summed E-state index contributed by atoms with van der Waals surface area (Å²) in [6.45, 7) is 0.0165. The zero-order valence-corrected chi connectivity index (χ0v) is 22.8. The third kappa shape index (κ3) is 11.7. The Kier molecular flexibility index (Phi) is 13.8. The fraction of sp³-hybridized carbons (Fsp3) is 0.308. The molecule has 0 saturated heterocycles. The average molecular weight is 575 g/mol. The monoisotopic (exact) mass is 574 g/mol. The lowest BCUT2D eigenvalue weighted by atomic mass is 10.2. The normalized spacial score (nSPS) is 11.9. The Morgan fingerprint density at radius 1 is 0.692 bits per heavy atom. The van der Waals surface area contributed by atoms with Gasteiger partial charge in [0.2, 0.25) is 11.8 Å². The average Bonchev–Trinajstić information content (AvgIpc) is 2.95. The van der Waals surface area contributed by atoms with Crippen molar-refractivity contribution in [2.24, 2.45) is 0 Å². The molecule has 5 N–H and O–H groups in total. The number of ketones is 2. The molecule has 0 aromatic heterocycles. The van der Waals surface area contributed by atoms with E-state index in [9.17, 15) is 28.8 Å². The number of aliphatic hydroxyl groups excluding tert-OH is 1. The summed E-state index contributed by atoms with van der Waals surface area (Å²) >= 11 is 0. The third-order valence-corrected chi connectivity index (χ3v) is 7.44. The van der Waals surface area contributed by atoms with Gasteiger partial charge in [0.25, 0.3) is 11.8 Å². The van der Waals surface area contributed by atoms with Gasteiger partial charge >= 0.3 is 0 Å². The Hall–Kier alpha value is -3.68. The van der Waals surface area contributed by atoms with Crippen LogP contribution in [0.4, 0.5) is 0 Å². The van der Waals surface area contributed by atoms with E-state index in [4.69, 9.17) is 5.11 Å². The summed E-state index contributed by atoms with van der Waals surface area (Å²) in [4.78, 5) is 73.3. The van der Waals surface area contributed by atoms with Crippen molar-refractivity contribution < 1.29 is 33.9 Å². The van der Waals surface area contributed by atoms with Gasteiger partial charge in [-0.1, -0.05) is 58.0 Å². The van der Waals surface area contributed by atoms with Crippen LogP contribution in [0.5, 0.6) is 0 Å². The number of Topliss-reactive ketones (excluding diaryl/α,β-unsaturated/α-hetero) is 2. The van der Waals surface area contributed by atoms with Crippen LogP contribution >= 0.6 is 21.6 Å². The lowest BCUT2D eigenvalue weighted by Gasteiger charge is -2.20. The highest BCUT2D eigenvalue weighted by Gasteiger charge is 2.25. The van der Waals surface area contributed by atoms with Crippen molar-refractivity contribution >= 4 is 56.8 Å². The third-order valence-electron chi connectivity index (χ3n) is 5.02. The molecule has 39 heavy (non-hydrogen) atoms. The van der Waals surface area contributed by atoms with Crippen LogP contribution in [0.2, 0.25) is 0 Å². The van der Waals surface area contributed by atoms with E-state index in [0.29, 0.717) is 11.1 Å². The Morgan fingerprint density at radius 3 is 1.49 bits per heavy atom. The number of rotatable bonds is 16. The van der Waals surface area contributed by atoms with Gasteiger partial charge in [-0.2, -0.15) is 0 Å². The van der Waals surface area contributed by atoms with Gasteiger partial charge in [0.1, 0.15) is 24.5 Å². The molecule has 0 heterocycles. The molecule has 0 radical (unpaired) electrons.